The lowest BCUT2D eigenvalue weighted by Crippen LogP contribution is -2.40. The van der Waals surface area contributed by atoms with Crippen molar-refractivity contribution in [2.24, 2.45) is 11.3 Å². The average Bonchev–Trinajstić information content (AvgIpc) is 2.92. The highest BCUT2D eigenvalue weighted by atomic mass is 32.2. The quantitative estimate of drug-likeness (QED) is 0.391. The summed E-state index contributed by atoms with van der Waals surface area (Å²) in [5, 5.41) is 21.1. The summed E-state index contributed by atoms with van der Waals surface area (Å²) in [7, 11) is -3.26. The van der Waals surface area contributed by atoms with Crippen LogP contribution in [-0.4, -0.2) is 45.0 Å². The molecule has 0 amide bonds. The van der Waals surface area contributed by atoms with E-state index in [0.29, 0.717) is 17.5 Å². The van der Waals surface area contributed by atoms with Crippen LogP contribution in [0.3, 0.4) is 0 Å². The van der Waals surface area contributed by atoms with E-state index in [4.69, 9.17) is 0 Å². The van der Waals surface area contributed by atoms with E-state index in [1.165, 1.54) is 24.8 Å². The molecule has 5 atom stereocenters. The summed E-state index contributed by atoms with van der Waals surface area (Å²) in [5.74, 6) is 0.396. The third-order valence-electron chi connectivity index (χ3n) is 6.84. The Morgan fingerprint density at radius 2 is 1.97 bits per heavy atom. The van der Waals surface area contributed by atoms with E-state index in [9.17, 15) is 24.5 Å². The van der Waals surface area contributed by atoms with Gasteiger partial charge < -0.3 is 15.1 Å². The Labute approximate surface area is 183 Å². The van der Waals surface area contributed by atoms with Crippen molar-refractivity contribution in [1.82, 2.24) is 0 Å². The van der Waals surface area contributed by atoms with Gasteiger partial charge in [0.05, 0.1) is 17.5 Å². The number of ketones is 1. The van der Waals surface area contributed by atoms with Crippen LogP contribution in [0.4, 0.5) is 0 Å². The Morgan fingerprint density at radius 1 is 1.30 bits per heavy atom. The molecule has 2 aliphatic rings. The lowest BCUT2D eigenvalue weighted by Gasteiger charge is -2.45. The Kier molecular flexibility index (Phi) is 7.68. The molecule has 0 bridgehead atoms. The highest BCUT2D eigenvalue weighted by Gasteiger charge is 2.42. The fourth-order valence-electron chi connectivity index (χ4n) is 4.53. The molecular weight excluding hydrogens is 419 g/mol. The lowest BCUT2D eigenvalue weighted by atomic mass is 9.63. The maximum Gasteiger partial charge on any atom is 0.226 e. The van der Waals surface area contributed by atoms with Gasteiger partial charge >= 0.3 is 0 Å². The fourth-order valence-corrected chi connectivity index (χ4v) is 6.57. The maximum atomic E-state index is 12.4. The molecule has 0 aliphatic heterocycles. The first-order valence-corrected chi connectivity index (χ1v) is 13.9. The van der Waals surface area contributed by atoms with Crippen LogP contribution in [0.25, 0.3) is 0 Å². The molecule has 3 N–H and O–H groups in total. The number of aliphatic hydroxyl groups excluding tert-OH is 2. The summed E-state index contributed by atoms with van der Waals surface area (Å²) in [6.45, 7) is 3.45. The standard InChI is InChI=1S/C23H33O5PS/c1-3-23(12-5-13-23)21(26)7-4-6-18-19(24)14-20(25)22(18)30-15-16-8-10-17(11-9-16)29(2,27)28/h4,6,8-11,18-19,21-22,24,26H,3,5,7,12-15H2,1-2H3,(H,27,28)/t18-,19+,21?,22+/m0/s1. The fraction of sp³-hybridized carbons (Fsp3) is 0.609. The van der Waals surface area contributed by atoms with Crippen molar-refractivity contribution in [3.8, 4) is 0 Å². The zero-order chi connectivity index (χ0) is 21.9. The summed E-state index contributed by atoms with van der Waals surface area (Å²) in [5.41, 5.74) is 1.02. The molecule has 0 heterocycles. The number of carbonyl (C=O) groups is 1. The molecule has 2 saturated carbocycles. The van der Waals surface area contributed by atoms with E-state index in [1.54, 1.807) is 12.1 Å². The molecule has 2 unspecified atom stereocenters. The summed E-state index contributed by atoms with van der Waals surface area (Å²) in [4.78, 5) is 22.1. The van der Waals surface area contributed by atoms with Gasteiger partial charge in [-0.15, -0.1) is 11.8 Å². The molecule has 1 aromatic carbocycles. The van der Waals surface area contributed by atoms with Gasteiger partial charge in [-0.1, -0.05) is 37.6 Å². The van der Waals surface area contributed by atoms with Crippen molar-refractivity contribution in [1.29, 1.82) is 0 Å². The van der Waals surface area contributed by atoms with Crippen LogP contribution >= 0.6 is 19.1 Å². The van der Waals surface area contributed by atoms with Gasteiger partial charge in [-0.2, -0.15) is 0 Å². The Bertz CT molecular complexity index is 806. The van der Waals surface area contributed by atoms with E-state index < -0.39 is 13.5 Å². The number of carbonyl (C=O) groups excluding carboxylic acids is 1. The largest absolute Gasteiger partial charge is 0.392 e. The molecule has 2 fully saturated rings. The second kappa shape index (κ2) is 9.70. The molecule has 3 rings (SSSR count). The van der Waals surface area contributed by atoms with Crippen LogP contribution in [-0.2, 0) is 15.1 Å². The Hall–Kier alpha value is -0.910. The number of hydrogen-bond acceptors (Lipinski definition) is 5. The number of rotatable bonds is 9. The van der Waals surface area contributed by atoms with Gasteiger partial charge in [0, 0.05) is 30.1 Å². The third-order valence-corrected chi connectivity index (χ3v) is 9.54. The predicted octanol–water partition coefficient (Wildman–Crippen LogP) is 3.65. The third kappa shape index (κ3) is 5.28. The first-order valence-electron chi connectivity index (χ1n) is 10.7. The number of Topliss-reactive ketones (excluding diaryl/α,β-unsaturated/α-hetero) is 1. The molecule has 5 nitrogen and oxygen atoms in total. The normalized spacial score (nSPS) is 29.0. The second-order valence-electron chi connectivity index (χ2n) is 8.84. The van der Waals surface area contributed by atoms with E-state index in [2.05, 4.69) is 6.92 Å². The monoisotopic (exact) mass is 452 g/mol. The molecule has 0 aromatic heterocycles. The van der Waals surface area contributed by atoms with Gasteiger partial charge in [0.1, 0.15) is 5.78 Å². The first-order chi connectivity index (χ1) is 14.2. The second-order valence-corrected chi connectivity index (χ2v) is 12.2. The zero-order valence-electron chi connectivity index (χ0n) is 17.7. The van der Waals surface area contributed by atoms with Gasteiger partial charge in [0.15, 0.2) is 0 Å². The highest BCUT2D eigenvalue weighted by molar-refractivity contribution is 7.99. The van der Waals surface area contributed by atoms with Crippen molar-refractivity contribution < 1.29 is 24.5 Å². The topological polar surface area (TPSA) is 94.8 Å². The van der Waals surface area contributed by atoms with E-state index >= 15 is 0 Å². The molecule has 166 valence electrons. The van der Waals surface area contributed by atoms with Gasteiger partial charge in [-0.25, -0.2) is 0 Å². The van der Waals surface area contributed by atoms with Gasteiger partial charge in [-0.3, -0.25) is 9.36 Å². The number of thioether (sulfide) groups is 1. The zero-order valence-corrected chi connectivity index (χ0v) is 19.4. The van der Waals surface area contributed by atoms with E-state index in [1.807, 2.05) is 24.3 Å². The van der Waals surface area contributed by atoms with E-state index in [0.717, 1.165) is 24.8 Å². The van der Waals surface area contributed by atoms with Gasteiger partial charge in [0.2, 0.25) is 7.37 Å². The minimum absolute atomic E-state index is 0.0474. The Balaban J connectivity index is 1.59. The van der Waals surface area contributed by atoms with E-state index in [-0.39, 0.29) is 34.9 Å². The van der Waals surface area contributed by atoms with Crippen molar-refractivity contribution >= 4 is 30.2 Å². The van der Waals surface area contributed by atoms with Crippen molar-refractivity contribution in [2.75, 3.05) is 6.66 Å². The van der Waals surface area contributed by atoms with Gasteiger partial charge in [0.25, 0.3) is 0 Å². The molecule has 30 heavy (non-hydrogen) atoms. The molecule has 0 spiro atoms. The Morgan fingerprint density at radius 3 is 2.50 bits per heavy atom. The molecule has 7 heteroatoms. The summed E-state index contributed by atoms with van der Waals surface area (Å²) in [6.07, 6.45) is 7.83. The summed E-state index contributed by atoms with van der Waals surface area (Å²) >= 11 is 1.50. The van der Waals surface area contributed by atoms with Crippen LogP contribution in [0.1, 0.15) is 51.0 Å². The SMILES string of the molecule is CCC1(C(O)CC=C[C@H]2[C@H](O)CC(=O)[C@@H]2SCc2ccc(P(C)(=O)O)cc2)CCC1. The number of benzene rings is 1. The first kappa shape index (κ1) is 23.7. The predicted molar refractivity (Wildman–Crippen MR) is 122 cm³/mol. The van der Waals surface area contributed by atoms with Crippen molar-refractivity contribution in [2.45, 2.75) is 68.7 Å². The molecule has 2 aliphatic carbocycles. The minimum Gasteiger partial charge on any atom is -0.392 e. The highest BCUT2D eigenvalue weighted by Crippen LogP contribution is 2.47. The van der Waals surface area contributed by atoms with Crippen molar-refractivity contribution in [3.63, 3.8) is 0 Å². The molecule has 0 radical (unpaired) electrons. The van der Waals surface area contributed by atoms with Crippen LogP contribution in [0.2, 0.25) is 0 Å². The van der Waals surface area contributed by atoms with Crippen LogP contribution < -0.4 is 5.30 Å². The van der Waals surface area contributed by atoms with Crippen LogP contribution in [0.5, 0.6) is 0 Å². The maximum absolute atomic E-state index is 12.4. The van der Waals surface area contributed by atoms with Gasteiger partial charge in [-0.05, 0) is 48.8 Å². The number of aliphatic hydroxyl groups is 2. The number of hydrogen-bond donors (Lipinski definition) is 3. The molecule has 0 saturated heterocycles. The smallest absolute Gasteiger partial charge is 0.226 e. The molecular formula is C23H33O5PS. The minimum atomic E-state index is -3.26. The lowest BCUT2D eigenvalue weighted by molar-refractivity contribution is -0.117. The van der Waals surface area contributed by atoms with Crippen LogP contribution in [0.15, 0.2) is 36.4 Å². The summed E-state index contributed by atoms with van der Waals surface area (Å²) < 4.78 is 11.7. The average molecular weight is 453 g/mol. The summed E-state index contributed by atoms with van der Waals surface area (Å²) in [6, 6.07) is 6.94. The van der Waals surface area contributed by atoms with Crippen LogP contribution in [0, 0.1) is 11.3 Å². The molecule has 1 aromatic rings. The van der Waals surface area contributed by atoms with Crippen molar-refractivity contribution in [3.05, 3.63) is 42.0 Å².